The van der Waals surface area contributed by atoms with Crippen LogP contribution < -0.4 is 11.1 Å². The molecule has 20 heavy (non-hydrogen) atoms. The molecule has 3 rings (SSSR count). The van der Waals surface area contributed by atoms with Crippen LogP contribution in [0.5, 0.6) is 0 Å². The summed E-state index contributed by atoms with van der Waals surface area (Å²) >= 11 is 1.57. The van der Waals surface area contributed by atoms with Crippen LogP contribution in [0.2, 0.25) is 0 Å². The van der Waals surface area contributed by atoms with E-state index in [1.54, 1.807) is 11.3 Å². The number of nitrogens with zero attached hydrogens (tertiary/aromatic N) is 1. The quantitative estimate of drug-likeness (QED) is 0.878. The van der Waals surface area contributed by atoms with Crippen molar-refractivity contribution in [2.75, 3.05) is 5.32 Å². The molecule has 0 bridgehead atoms. The number of hydrogen-bond donors (Lipinski definition) is 2. The lowest BCUT2D eigenvalue weighted by atomic mass is 9.84. The number of nitriles is 1. The van der Waals surface area contributed by atoms with Crippen LogP contribution >= 0.6 is 11.3 Å². The summed E-state index contributed by atoms with van der Waals surface area (Å²) in [5.41, 5.74) is 7.89. The Kier molecular flexibility index (Phi) is 3.77. The van der Waals surface area contributed by atoms with Crippen LogP contribution in [0.4, 0.5) is 5.00 Å². The molecule has 0 aromatic carbocycles. The van der Waals surface area contributed by atoms with Gasteiger partial charge in [0.2, 0.25) is 5.91 Å². The Balaban J connectivity index is 1.78. The summed E-state index contributed by atoms with van der Waals surface area (Å²) in [7, 11) is 0. The number of thiophene rings is 1. The molecule has 5 heteroatoms. The standard InChI is InChI=1S/C15H19N3OS/c16-8-11-9-5-3-7-13(9)20-15(11)18-14(19)10-4-1-2-6-12(10)17/h10,12H,1-7,17H2,(H,18,19). The molecule has 3 N–H and O–H groups in total. The lowest BCUT2D eigenvalue weighted by Gasteiger charge is -2.27. The maximum Gasteiger partial charge on any atom is 0.229 e. The van der Waals surface area contributed by atoms with Gasteiger partial charge in [0.05, 0.1) is 11.5 Å². The Hall–Kier alpha value is -1.38. The average molecular weight is 289 g/mol. The minimum atomic E-state index is -0.104. The summed E-state index contributed by atoms with van der Waals surface area (Å²) < 4.78 is 0. The second-order valence-electron chi connectivity index (χ2n) is 5.72. The lowest BCUT2D eigenvalue weighted by Crippen LogP contribution is -2.40. The Bertz CT molecular complexity index is 572. The zero-order valence-electron chi connectivity index (χ0n) is 11.4. The van der Waals surface area contributed by atoms with Gasteiger partial charge in [-0.3, -0.25) is 4.79 Å². The molecule has 2 unspecified atom stereocenters. The van der Waals surface area contributed by atoms with E-state index in [1.165, 1.54) is 4.88 Å². The van der Waals surface area contributed by atoms with Crippen LogP contribution in [0, 0.1) is 17.2 Å². The molecule has 4 nitrogen and oxygen atoms in total. The molecule has 2 aliphatic carbocycles. The number of rotatable bonds is 2. The van der Waals surface area contributed by atoms with Gasteiger partial charge >= 0.3 is 0 Å². The first kappa shape index (κ1) is 13.6. The van der Waals surface area contributed by atoms with Crippen molar-refractivity contribution in [2.45, 2.75) is 51.0 Å². The molecule has 106 valence electrons. The van der Waals surface area contributed by atoms with E-state index < -0.39 is 0 Å². The normalized spacial score (nSPS) is 25.0. The van der Waals surface area contributed by atoms with Crippen molar-refractivity contribution in [2.24, 2.45) is 11.7 Å². The number of hydrogen-bond acceptors (Lipinski definition) is 4. The summed E-state index contributed by atoms with van der Waals surface area (Å²) in [6.07, 6.45) is 7.09. The molecule has 1 amide bonds. The number of fused-ring (bicyclic) bond motifs is 1. The minimum absolute atomic E-state index is 0.00590. The van der Waals surface area contributed by atoms with Crippen LogP contribution in [0.1, 0.15) is 48.1 Å². The summed E-state index contributed by atoms with van der Waals surface area (Å²) in [5.74, 6) is -0.110. The first-order valence-electron chi connectivity index (χ1n) is 7.31. The van der Waals surface area contributed by atoms with E-state index in [4.69, 9.17) is 5.73 Å². The molecule has 0 radical (unpaired) electrons. The van der Waals surface area contributed by atoms with Crippen molar-refractivity contribution >= 4 is 22.2 Å². The molecule has 0 saturated heterocycles. The molecule has 1 aromatic heterocycles. The predicted molar refractivity (Wildman–Crippen MR) is 79.6 cm³/mol. The third kappa shape index (κ3) is 2.34. The van der Waals surface area contributed by atoms with Crippen molar-refractivity contribution in [3.63, 3.8) is 0 Å². The van der Waals surface area contributed by atoms with Crippen molar-refractivity contribution in [3.05, 3.63) is 16.0 Å². The van der Waals surface area contributed by atoms with E-state index in [9.17, 15) is 10.1 Å². The van der Waals surface area contributed by atoms with Crippen LogP contribution in [0.15, 0.2) is 0 Å². The molecule has 2 atom stereocenters. The molecule has 2 aliphatic rings. The second-order valence-corrected chi connectivity index (χ2v) is 6.82. The maximum atomic E-state index is 12.4. The van der Waals surface area contributed by atoms with Gasteiger partial charge in [0.1, 0.15) is 11.1 Å². The van der Waals surface area contributed by atoms with Crippen molar-refractivity contribution < 1.29 is 4.79 Å². The fourth-order valence-electron chi connectivity index (χ4n) is 3.30. The first-order valence-corrected chi connectivity index (χ1v) is 8.13. The predicted octanol–water partition coefficient (Wildman–Crippen LogP) is 2.56. The fourth-order valence-corrected chi connectivity index (χ4v) is 4.54. The molecule has 1 heterocycles. The third-order valence-corrected chi connectivity index (χ3v) is 5.63. The highest BCUT2D eigenvalue weighted by Gasteiger charge is 2.30. The van der Waals surface area contributed by atoms with Gasteiger partial charge in [-0.05, 0) is 37.7 Å². The summed E-state index contributed by atoms with van der Waals surface area (Å²) in [5, 5.41) is 13.0. The van der Waals surface area contributed by atoms with Crippen LogP contribution in [-0.2, 0) is 17.6 Å². The smallest absolute Gasteiger partial charge is 0.229 e. The lowest BCUT2D eigenvalue weighted by molar-refractivity contribution is -0.121. The van der Waals surface area contributed by atoms with Crippen LogP contribution in [0.3, 0.4) is 0 Å². The molecule has 1 saturated carbocycles. The highest BCUT2D eigenvalue weighted by Crippen LogP contribution is 2.39. The number of amides is 1. The van der Waals surface area contributed by atoms with Crippen molar-refractivity contribution in [3.8, 4) is 6.07 Å². The van der Waals surface area contributed by atoms with E-state index in [0.29, 0.717) is 5.56 Å². The van der Waals surface area contributed by atoms with Crippen LogP contribution in [-0.4, -0.2) is 11.9 Å². The van der Waals surface area contributed by atoms with E-state index >= 15 is 0 Å². The second kappa shape index (κ2) is 5.55. The average Bonchev–Trinajstić information content (AvgIpc) is 2.99. The van der Waals surface area contributed by atoms with Gasteiger partial charge in [-0.2, -0.15) is 5.26 Å². The van der Waals surface area contributed by atoms with E-state index in [2.05, 4.69) is 11.4 Å². The van der Waals surface area contributed by atoms with Gasteiger partial charge in [-0.15, -0.1) is 11.3 Å². The summed E-state index contributed by atoms with van der Waals surface area (Å²) in [6, 6.07) is 2.22. The number of nitrogens with two attached hydrogens (primary N) is 1. The Labute approximate surface area is 123 Å². The van der Waals surface area contributed by atoms with Crippen molar-refractivity contribution in [1.29, 1.82) is 5.26 Å². The number of nitrogens with one attached hydrogen (secondary N) is 1. The number of carbonyl (C=O) groups is 1. The Morgan fingerprint density at radius 1 is 1.30 bits per heavy atom. The van der Waals surface area contributed by atoms with Gasteiger partial charge in [0, 0.05) is 10.9 Å². The minimum Gasteiger partial charge on any atom is -0.327 e. The molecule has 1 fully saturated rings. The zero-order chi connectivity index (χ0) is 14.1. The molecular weight excluding hydrogens is 270 g/mol. The topological polar surface area (TPSA) is 78.9 Å². The zero-order valence-corrected chi connectivity index (χ0v) is 12.3. The van der Waals surface area contributed by atoms with E-state index in [1.807, 2.05) is 0 Å². The molecule has 1 aromatic rings. The number of aryl methyl sites for hydroxylation is 1. The Morgan fingerprint density at radius 3 is 2.85 bits per heavy atom. The van der Waals surface area contributed by atoms with E-state index in [-0.39, 0.29) is 17.9 Å². The molecular formula is C15H19N3OS. The third-order valence-electron chi connectivity index (χ3n) is 4.43. The highest BCUT2D eigenvalue weighted by molar-refractivity contribution is 7.16. The van der Waals surface area contributed by atoms with Gasteiger partial charge in [-0.1, -0.05) is 12.8 Å². The van der Waals surface area contributed by atoms with Crippen LogP contribution in [0.25, 0.3) is 0 Å². The van der Waals surface area contributed by atoms with Gasteiger partial charge in [0.25, 0.3) is 0 Å². The largest absolute Gasteiger partial charge is 0.327 e. The number of anilines is 1. The maximum absolute atomic E-state index is 12.4. The van der Waals surface area contributed by atoms with Gasteiger partial charge < -0.3 is 11.1 Å². The number of carbonyl (C=O) groups excluding carboxylic acids is 1. The summed E-state index contributed by atoms with van der Waals surface area (Å²) in [4.78, 5) is 13.6. The van der Waals surface area contributed by atoms with Gasteiger partial charge in [-0.25, -0.2) is 0 Å². The van der Waals surface area contributed by atoms with E-state index in [0.717, 1.165) is 55.5 Å². The Morgan fingerprint density at radius 2 is 2.10 bits per heavy atom. The SMILES string of the molecule is N#Cc1c(NC(=O)C2CCCCC2N)sc2c1CCC2. The van der Waals surface area contributed by atoms with Crippen molar-refractivity contribution in [1.82, 2.24) is 0 Å². The fraction of sp³-hybridized carbons (Fsp3) is 0.600. The first-order chi connectivity index (χ1) is 9.70. The summed E-state index contributed by atoms with van der Waals surface area (Å²) in [6.45, 7) is 0. The van der Waals surface area contributed by atoms with Gasteiger partial charge in [0.15, 0.2) is 0 Å². The monoisotopic (exact) mass is 289 g/mol. The molecule has 0 spiro atoms. The molecule has 0 aliphatic heterocycles. The highest BCUT2D eigenvalue weighted by atomic mass is 32.1.